The van der Waals surface area contributed by atoms with Crippen molar-refractivity contribution in [2.45, 2.75) is 38.3 Å². The number of carbonyl (C=O) groups excluding carboxylic acids is 1. The van der Waals surface area contributed by atoms with Gasteiger partial charge in [0.15, 0.2) is 11.5 Å². The molecule has 0 spiro atoms. The maximum Gasteiger partial charge on any atom is 0.231 e. The number of nitrogens with zero attached hydrogens (tertiary/aromatic N) is 1. The summed E-state index contributed by atoms with van der Waals surface area (Å²) in [7, 11) is 0. The van der Waals surface area contributed by atoms with Crippen molar-refractivity contribution in [3.63, 3.8) is 0 Å². The molecule has 2 aliphatic heterocycles. The highest BCUT2D eigenvalue weighted by Crippen LogP contribution is 2.40. The molecule has 0 unspecified atom stereocenters. The maximum atomic E-state index is 13.5. The van der Waals surface area contributed by atoms with Crippen LogP contribution in [0.5, 0.6) is 11.5 Å². The van der Waals surface area contributed by atoms with Crippen LogP contribution in [0.3, 0.4) is 0 Å². The molecule has 1 saturated heterocycles. The number of hydrogen-bond donors (Lipinski definition) is 0. The summed E-state index contributed by atoms with van der Waals surface area (Å²) in [5, 5.41) is 0. The first-order valence-electron chi connectivity index (χ1n) is 10.1. The van der Waals surface area contributed by atoms with Gasteiger partial charge in [0, 0.05) is 12.2 Å². The largest absolute Gasteiger partial charge is 0.454 e. The van der Waals surface area contributed by atoms with Crippen LogP contribution >= 0.6 is 0 Å². The van der Waals surface area contributed by atoms with E-state index in [0.29, 0.717) is 19.8 Å². The van der Waals surface area contributed by atoms with Gasteiger partial charge in [0.05, 0.1) is 25.1 Å². The summed E-state index contributed by atoms with van der Waals surface area (Å²) in [4.78, 5) is 15.6. The molecule has 0 radical (unpaired) electrons. The van der Waals surface area contributed by atoms with Crippen LogP contribution < -0.4 is 9.47 Å². The summed E-state index contributed by atoms with van der Waals surface area (Å²) in [6, 6.07) is 14.6. The minimum Gasteiger partial charge on any atom is -0.454 e. The number of benzene rings is 2. The Morgan fingerprint density at radius 3 is 2.89 bits per heavy atom. The van der Waals surface area contributed by atoms with E-state index in [1.807, 2.05) is 18.2 Å². The van der Waals surface area contributed by atoms with Gasteiger partial charge in [0.2, 0.25) is 12.7 Å². The average Bonchev–Trinajstić information content (AvgIpc) is 3.43. The summed E-state index contributed by atoms with van der Waals surface area (Å²) in [6.07, 6.45) is 3.97. The Kier molecular flexibility index (Phi) is 4.69. The Bertz CT molecular complexity index is 875. The van der Waals surface area contributed by atoms with Crippen LogP contribution in [0.2, 0.25) is 0 Å². The van der Waals surface area contributed by atoms with Crippen molar-refractivity contribution >= 4 is 5.91 Å². The van der Waals surface area contributed by atoms with Crippen molar-refractivity contribution in [3.8, 4) is 11.5 Å². The maximum absolute atomic E-state index is 13.5. The third-order valence-corrected chi connectivity index (χ3v) is 6.09. The predicted octanol–water partition coefficient (Wildman–Crippen LogP) is 3.86. The van der Waals surface area contributed by atoms with E-state index in [2.05, 4.69) is 29.2 Å². The molecule has 5 heteroatoms. The first-order chi connectivity index (χ1) is 13.8. The SMILES string of the molecule is O=C([C@H]1CCOC1)N(Cc1cccc2c1OCO2)[C@H]1CCCc2ccccc21. The molecule has 146 valence electrons. The molecule has 1 fully saturated rings. The van der Waals surface area contributed by atoms with Gasteiger partial charge in [-0.2, -0.15) is 0 Å². The van der Waals surface area contributed by atoms with E-state index >= 15 is 0 Å². The molecule has 5 nitrogen and oxygen atoms in total. The van der Waals surface area contributed by atoms with Crippen molar-refractivity contribution in [1.82, 2.24) is 4.90 Å². The highest BCUT2D eigenvalue weighted by Gasteiger charge is 2.35. The summed E-state index contributed by atoms with van der Waals surface area (Å²) in [6.45, 7) is 1.96. The molecule has 1 amide bonds. The lowest BCUT2D eigenvalue weighted by Gasteiger charge is -2.37. The van der Waals surface area contributed by atoms with Gasteiger partial charge < -0.3 is 19.1 Å². The van der Waals surface area contributed by atoms with Gasteiger partial charge in [-0.1, -0.05) is 36.4 Å². The molecule has 0 saturated carbocycles. The van der Waals surface area contributed by atoms with Crippen molar-refractivity contribution in [2.24, 2.45) is 5.92 Å². The van der Waals surface area contributed by atoms with E-state index in [4.69, 9.17) is 14.2 Å². The summed E-state index contributed by atoms with van der Waals surface area (Å²) in [5.74, 6) is 1.67. The van der Waals surface area contributed by atoms with Gasteiger partial charge in [-0.05, 0) is 42.9 Å². The highest BCUT2D eigenvalue weighted by molar-refractivity contribution is 5.80. The molecule has 2 aromatic rings. The lowest BCUT2D eigenvalue weighted by molar-refractivity contribution is -0.139. The molecular formula is C23H25NO4. The van der Waals surface area contributed by atoms with E-state index in [-0.39, 0.29) is 24.7 Å². The second-order valence-electron chi connectivity index (χ2n) is 7.78. The fourth-order valence-corrected chi connectivity index (χ4v) is 4.66. The molecule has 28 heavy (non-hydrogen) atoms. The van der Waals surface area contributed by atoms with Crippen molar-refractivity contribution < 1.29 is 19.0 Å². The molecule has 2 heterocycles. The Labute approximate surface area is 165 Å². The minimum absolute atomic E-state index is 0.0528. The molecule has 2 atom stereocenters. The number of amides is 1. The van der Waals surface area contributed by atoms with E-state index < -0.39 is 0 Å². The molecule has 0 N–H and O–H groups in total. The van der Waals surface area contributed by atoms with E-state index in [1.165, 1.54) is 11.1 Å². The molecule has 2 aromatic carbocycles. The van der Waals surface area contributed by atoms with E-state index in [9.17, 15) is 4.79 Å². The standard InChI is InChI=1S/C23H25NO4/c25-23(18-11-12-26-14-18)24(13-17-7-4-10-21-22(17)28-15-27-21)20-9-3-6-16-5-1-2-8-19(16)20/h1-2,4-5,7-8,10,18,20H,3,6,9,11-15H2/t18-,20-/m0/s1. The third-order valence-electron chi connectivity index (χ3n) is 6.09. The first-order valence-corrected chi connectivity index (χ1v) is 10.1. The Balaban J connectivity index is 1.51. The monoisotopic (exact) mass is 379 g/mol. The zero-order valence-corrected chi connectivity index (χ0v) is 15.9. The first kappa shape index (κ1) is 17.6. The minimum atomic E-state index is -0.0528. The number of ether oxygens (including phenoxy) is 3. The van der Waals surface area contributed by atoms with Crippen LogP contribution in [0.15, 0.2) is 42.5 Å². The summed E-state index contributed by atoms with van der Waals surface area (Å²) < 4.78 is 16.8. The van der Waals surface area contributed by atoms with Crippen molar-refractivity contribution in [3.05, 3.63) is 59.2 Å². The molecule has 0 bridgehead atoms. The second kappa shape index (κ2) is 7.47. The van der Waals surface area contributed by atoms with Crippen LogP contribution in [-0.4, -0.2) is 30.8 Å². The van der Waals surface area contributed by atoms with Gasteiger partial charge in [-0.25, -0.2) is 0 Å². The molecular weight excluding hydrogens is 354 g/mol. The predicted molar refractivity (Wildman–Crippen MR) is 104 cm³/mol. The fourth-order valence-electron chi connectivity index (χ4n) is 4.66. The second-order valence-corrected chi connectivity index (χ2v) is 7.78. The average molecular weight is 379 g/mol. The quantitative estimate of drug-likeness (QED) is 0.809. The van der Waals surface area contributed by atoms with Crippen LogP contribution in [0.4, 0.5) is 0 Å². The number of fused-ring (bicyclic) bond motifs is 2. The molecule has 3 aliphatic rings. The van der Waals surface area contributed by atoms with Gasteiger partial charge in [0.1, 0.15) is 0 Å². The fraction of sp³-hybridized carbons (Fsp3) is 0.435. The van der Waals surface area contributed by atoms with Crippen LogP contribution in [0.1, 0.15) is 42.0 Å². The molecule has 5 rings (SSSR count). The number of para-hydroxylation sites is 1. The van der Waals surface area contributed by atoms with Crippen LogP contribution in [0, 0.1) is 5.92 Å². The topological polar surface area (TPSA) is 48.0 Å². The molecule has 0 aromatic heterocycles. The number of carbonyl (C=O) groups is 1. The lowest BCUT2D eigenvalue weighted by atomic mass is 9.86. The van der Waals surface area contributed by atoms with Crippen molar-refractivity contribution in [2.75, 3.05) is 20.0 Å². The van der Waals surface area contributed by atoms with Gasteiger partial charge in [-0.15, -0.1) is 0 Å². The van der Waals surface area contributed by atoms with Gasteiger partial charge in [-0.3, -0.25) is 4.79 Å². The zero-order chi connectivity index (χ0) is 18.9. The Hall–Kier alpha value is -2.53. The number of aryl methyl sites for hydroxylation is 1. The Morgan fingerprint density at radius 2 is 2.00 bits per heavy atom. The summed E-state index contributed by atoms with van der Waals surface area (Å²) in [5.41, 5.74) is 3.65. The smallest absolute Gasteiger partial charge is 0.231 e. The Morgan fingerprint density at radius 1 is 1.07 bits per heavy atom. The third kappa shape index (κ3) is 3.14. The van der Waals surface area contributed by atoms with Crippen LogP contribution in [0.25, 0.3) is 0 Å². The number of hydrogen-bond acceptors (Lipinski definition) is 4. The van der Waals surface area contributed by atoms with Gasteiger partial charge in [0.25, 0.3) is 0 Å². The van der Waals surface area contributed by atoms with Crippen LogP contribution in [-0.2, 0) is 22.5 Å². The van der Waals surface area contributed by atoms with Gasteiger partial charge >= 0.3 is 0 Å². The van der Waals surface area contributed by atoms with Crippen molar-refractivity contribution in [1.29, 1.82) is 0 Å². The zero-order valence-electron chi connectivity index (χ0n) is 15.9. The molecule has 1 aliphatic carbocycles. The highest BCUT2D eigenvalue weighted by atomic mass is 16.7. The lowest BCUT2D eigenvalue weighted by Crippen LogP contribution is -2.40. The van der Waals surface area contributed by atoms with E-state index in [0.717, 1.165) is 42.7 Å². The summed E-state index contributed by atoms with van der Waals surface area (Å²) >= 11 is 0. The van der Waals surface area contributed by atoms with E-state index in [1.54, 1.807) is 0 Å². The normalized spacial score (nSPS) is 22.7. The number of rotatable bonds is 4.